The molecule has 1 aliphatic heterocycles. The van der Waals surface area contributed by atoms with Gasteiger partial charge in [0.1, 0.15) is 0 Å². The van der Waals surface area contributed by atoms with Gasteiger partial charge in [0, 0.05) is 5.56 Å². The maximum atomic E-state index is 11.9. The molecule has 80 valence electrons. The molecule has 0 unspecified atom stereocenters. The third kappa shape index (κ3) is 1.48. The highest BCUT2D eigenvalue weighted by Gasteiger charge is 2.41. The molecular formula is C10H11NO3S. The van der Waals surface area contributed by atoms with E-state index < -0.39 is 15.6 Å². The Morgan fingerprint density at radius 2 is 1.80 bits per heavy atom. The van der Waals surface area contributed by atoms with Gasteiger partial charge < -0.3 is 0 Å². The van der Waals surface area contributed by atoms with Crippen LogP contribution in [0.5, 0.6) is 0 Å². The average Bonchev–Trinajstić information content (AvgIpc) is 2.13. The zero-order chi connectivity index (χ0) is 11.3. The Kier molecular flexibility index (Phi) is 1.99. The molecule has 1 N–H and O–H groups in total. The first-order valence-electron chi connectivity index (χ1n) is 4.52. The number of fused-ring (bicyclic) bond motifs is 1. The summed E-state index contributed by atoms with van der Waals surface area (Å²) >= 11 is 0. The second-order valence-corrected chi connectivity index (χ2v) is 5.71. The largest absolute Gasteiger partial charge is 0.292 e. The SMILES string of the molecule is CC1(C)NS(=O)(=O)c2ccccc2C1=O. The van der Waals surface area contributed by atoms with Crippen molar-refractivity contribution in [2.75, 3.05) is 0 Å². The van der Waals surface area contributed by atoms with Crippen LogP contribution in [0.3, 0.4) is 0 Å². The maximum absolute atomic E-state index is 11.9. The first-order valence-corrected chi connectivity index (χ1v) is 6.01. The smallest absolute Gasteiger partial charge is 0.242 e. The molecule has 0 atom stereocenters. The van der Waals surface area contributed by atoms with E-state index in [4.69, 9.17) is 0 Å². The van der Waals surface area contributed by atoms with Crippen LogP contribution in [-0.4, -0.2) is 19.7 Å². The van der Waals surface area contributed by atoms with E-state index in [1.807, 2.05) is 0 Å². The molecule has 15 heavy (non-hydrogen) atoms. The Hall–Kier alpha value is -1.20. The lowest BCUT2D eigenvalue weighted by Crippen LogP contribution is -2.53. The minimum atomic E-state index is -3.55. The molecule has 0 spiro atoms. The van der Waals surface area contributed by atoms with E-state index in [9.17, 15) is 13.2 Å². The van der Waals surface area contributed by atoms with E-state index in [0.717, 1.165) is 0 Å². The van der Waals surface area contributed by atoms with Crippen molar-refractivity contribution < 1.29 is 13.2 Å². The highest BCUT2D eigenvalue weighted by atomic mass is 32.2. The van der Waals surface area contributed by atoms with Crippen LogP contribution in [0.2, 0.25) is 0 Å². The zero-order valence-corrected chi connectivity index (χ0v) is 9.26. The van der Waals surface area contributed by atoms with Crippen molar-refractivity contribution in [1.29, 1.82) is 0 Å². The second-order valence-electron chi connectivity index (χ2n) is 4.06. The topological polar surface area (TPSA) is 63.2 Å². The Labute approximate surface area is 88.4 Å². The lowest BCUT2D eigenvalue weighted by atomic mass is 9.94. The predicted molar refractivity (Wildman–Crippen MR) is 55.2 cm³/mol. The van der Waals surface area contributed by atoms with Crippen molar-refractivity contribution in [3.05, 3.63) is 29.8 Å². The van der Waals surface area contributed by atoms with E-state index in [-0.39, 0.29) is 16.2 Å². The fourth-order valence-electron chi connectivity index (χ4n) is 1.66. The molecule has 0 saturated carbocycles. The van der Waals surface area contributed by atoms with Gasteiger partial charge in [-0.25, -0.2) is 8.42 Å². The summed E-state index contributed by atoms with van der Waals surface area (Å²) in [5, 5.41) is 0. The summed E-state index contributed by atoms with van der Waals surface area (Å²) in [6.07, 6.45) is 0. The summed E-state index contributed by atoms with van der Waals surface area (Å²) in [4.78, 5) is 12.0. The van der Waals surface area contributed by atoms with Crippen LogP contribution in [0.4, 0.5) is 0 Å². The standard InChI is InChI=1S/C10H11NO3S/c1-10(2)9(12)7-5-3-4-6-8(7)15(13,14)11-10/h3-6,11H,1-2H3. The second kappa shape index (κ2) is 2.90. The molecule has 1 aromatic carbocycles. The van der Waals surface area contributed by atoms with E-state index >= 15 is 0 Å². The molecule has 0 amide bonds. The van der Waals surface area contributed by atoms with Gasteiger partial charge in [0.15, 0.2) is 5.78 Å². The summed E-state index contributed by atoms with van der Waals surface area (Å²) in [5.74, 6) is -0.201. The molecular weight excluding hydrogens is 214 g/mol. The van der Waals surface area contributed by atoms with E-state index in [1.54, 1.807) is 26.0 Å². The quantitative estimate of drug-likeness (QED) is 0.714. The number of ketones is 1. The van der Waals surface area contributed by atoms with Gasteiger partial charge >= 0.3 is 0 Å². The van der Waals surface area contributed by atoms with Crippen molar-refractivity contribution in [2.24, 2.45) is 0 Å². The third-order valence-electron chi connectivity index (χ3n) is 2.38. The summed E-state index contributed by atoms with van der Waals surface area (Å²) < 4.78 is 25.9. The number of hydrogen-bond acceptors (Lipinski definition) is 3. The summed E-state index contributed by atoms with van der Waals surface area (Å²) in [5.41, 5.74) is -0.797. The van der Waals surface area contributed by atoms with Gasteiger partial charge in [0.05, 0.1) is 10.4 Å². The molecule has 0 saturated heterocycles. The van der Waals surface area contributed by atoms with Gasteiger partial charge in [-0.05, 0) is 26.0 Å². The van der Waals surface area contributed by atoms with E-state index in [2.05, 4.69) is 4.72 Å². The Balaban J connectivity index is 2.78. The number of carbonyl (C=O) groups excluding carboxylic acids is 1. The maximum Gasteiger partial charge on any atom is 0.242 e. The average molecular weight is 225 g/mol. The monoisotopic (exact) mass is 225 g/mol. The molecule has 0 aromatic heterocycles. The summed E-state index contributed by atoms with van der Waals surface area (Å²) in [6, 6.07) is 6.24. The van der Waals surface area contributed by atoms with Crippen LogP contribution < -0.4 is 4.72 Å². The fourth-order valence-corrected chi connectivity index (χ4v) is 3.24. The molecule has 2 rings (SSSR count). The van der Waals surface area contributed by atoms with Crippen molar-refractivity contribution in [2.45, 2.75) is 24.3 Å². The summed E-state index contributed by atoms with van der Waals surface area (Å²) in [7, 11) is -3.55. The zero-order valence-electron chi connectivity index (χ0n) is 8.44. The molecule has 0 fully saturated rings. The van der Waals surface area contributed by atoms with Gasteiger partial charge in [-0.15, -0.1) is 0 Å². The first-order chi connectivity index (χ1) is 6.84. The number of carbonyl (C=O) groups is 1. The predicted octanol–water partition coefficient (Wildman–Crippen LogP) is 0.940. The summed E-state index contributed by atoms with van der Waals surface area (Å²) in [6.45, 7) is 3.12. The molecule has 5 heteroatoms. The number of hydrogen-bond donors (Lipinski definition) is 1. The number of nitrogens with one attached hydrogen (secondary N) is 1. The van der Waals surface area contributed by atoms with Crippen LogP contribution in [0, 0.1) is 0 Å². The van der Waals surface area contributed by atoms with Gasteiger partial charge in [0.25, 0.3) is 0 Å². The molecule has 1 heterocycles. The molecule has 0 bridgehead atoms. The van der Waals surface area contributed by atoms with Crippen LogP contribution in [0.15, 0.2) is 29.2 Å². The van der Waals surface area contributed by atoms with Crippen LogP contribution >= 0.6 is 0 Å². The number of Topliss-reactive ketones (excluding diaryl/α,β-unsaturated/α-hetero) is 1. The minimum absolute atomic E-state index is 0.0642. The highest BCUT2D eigenvalue weighted by molar-refractivity contribution is 7.89. The lowest BCUT2D eigenvalue weighted by molar-refractivity contribution is 0.0891. The van der Waals surface area contributed by atoms with Gasteiger partial charge in [-0.3, -0.25) is 4.79 Å². The van der Waals surface area contributed by atoms with Crippen LogP contribution in [-0.2, 0) is 10.0 Å². The van der Waals surface area contributed by atoms with Gasteiger partial charge in [-0.1, -0.05) is 12.1 Å². The first kappa shape index (κ1) is 10.3. The minimum Gasteiger partial charge on any atom is -0.292 e. The highest BCUT2D eigenvalue weighted by Crippen LogP contribution is 2.27. The normalized spacial score (nSPS) is 22.1. The number of sulfonamides is 1. The van der Waals surface area contributed by atoms with E-state index in [1.165, 1.54) is 12.1 Å². The van der Waals surface area contributed by atoms with Crippen molar-refractivity contribution in [3.63, 3.8) is 0 Å². The lowest BCUT2D eigenvalue weighted by Gasteiger charge is -2.30. The number of rotatable bonds is 0. The third-order valence-corrected chi connectivity index (χ3v) is 4.09. The van der Waals surface area contributed by atoms with Gasteiger partial charge in [0.2, 0.25) is 10.0 Å². The Bertz CT molecular complexity index is 531. The Morgan fingerprint density at radius 3 is 2.47 bits per heavy atom. The number of benzene rings is 1. The van der Waals surface area contributed by atoms with Crippen LogP contribution in [0.25, 0.3) is 0 Å². The molecule has 1 aliphatic rings. The van der Waals surface area contributed by atoms with E-state index in [0.29, 0.717) is 0 Å². The fraction of sp³-hybridized carbons (Fsp3) is 0.300. The van der Waals surface area contributed by atoms with Crippen molar-refractivity contribution >= 4 is 15.8 Å². The molecule has 4 nitrogen and oxygen atoms in total. The molecule has 0 radical (unpaired) electrons. The van der Waals surface area contributed by atoms with Crippen LogP contribution in [0.1, 0.15) is 24.2 Å². The van der Waals surface area contributed by atoms with Gasteiger partial charge in [-0.2, -0.15) is 4.72 Å². The molecule has 1 aromatic rings. The Morgan fingerprint density at radius 1 is 1.20 bits per heavy atom. The van der Waals surface area contributed by atoms with Crippen molar-refractivity contribution in [3.8, 4) is 0 Å². The van der Waals surface area contributed by atoms with Crippen molar-refractivity contribution in [1.82, 2.24) is 4.72 Å². The molecule has 0 aliphatic carbocycles.